The van der Waals surface area contributed by atoms with Gasteiger partial charge >= 0.3 is 0 Å². The van der Waals surface area contributed by atoms with E-state index in [1.54, 1.807) is 29.9 Å². The summed E-state index contributed by atoms with van der Waals surface area (Å²) in [6.07, 6.45) is 3.56. The van der Waals surface area contributed by atoms with Crippen molar-refractivity contribution in [2.45, 2.75) is 13.5 Å². The van der Waals surface area contributed by atoms with Crippen molar-refractivity contribution in [2.75, 3.05) is 45.3 Å². The number of carbonyl (C=O) groups is 1. The predicted molar refractivity (Wildman–Crippen MR) is 111 cm³/mol. The van der Waals surface area contributed by atoms with Gasteiger partial charge in [0.05, 0.1) is 25.6 Å². The molecule has 1 aliphatic rings. The first-order valence-electron chi connectivity index (χ1n) is 9.60. The Labute approximate surface area is 170 Å². The average molecular weight is 400 g/mol. The SMILES string of the molecule is CCOc1ccc(CNC(=NC)N2CCN(c3cnn(C)c3)C(=O)C2)cc1OC. The number of rotatable bonds is 6. The summed E-state index contributed by atoms with van der Waals surface area (Å²) >= 11 is 0. The van der Waals surface area contributed by atoms with Gasteiger partial charge in [0, 0.05) is 39.9 Å². The number of hydrogen-bond donors (Lipinski definition) is 1. The normalized spacial score (nSPS) is 14.9. The van der Waals surface area contributed by atoms with Crippen molar-refractivity contribution >= 4 is 17.6 Å². The monoisotopic (exact) mass is 400 g/mol. The first kappa shape index (κ1) is 20.5. The molecule has 0 radical (unpaired) electrons. The Kier molecular flexibility index (Phi) is 6.58. The summed E-state index contributed by atoms with van der Waals surface area (Å²) in [4.78, 5) is 20.7. The van der Waals surface area contributed by atoms with Gasteiger partial charge < -0.3 is 24.6 Å². The van der Waals surface area contributed by atoms with Gasteiger partial charge in [0.1, 0.15) is 6.54 Å². The van der Waals surface area contributed by atoms with Crippen LogP contribution in [0.3, 0.4) is 0 Å². The lowest BCUT2D eigenvalue weighted by Crippen LogP contribution is -2.55. The topological polar surface area (TPSA) is 84.2 Å². The zero-order valence-electron chi connectivity index (χ0n) is 17.4. The number of methoxy groups -OCH3 is 1. The van der Waals surface area contributed by atoms with Crippen LogP contribution in [0.25, 0.3) is 0 Å². The Hall–Kier alpha value is -3.23. The number of nitrogens with zero attached hydrogens (tertiary/aromatic N) is 5. The molecule has 29 heavy (non-hydrogen) atoms. The predicted octanol–water partition coefficient (Wildman–Crippen LogP) is 1.25. The number of aromatic nitrogens is 2. The van der Waals surface area contributed by atoms with E-state index in [-0.39, 0.29) is 12.5 Å². The molecule has 1 amide bonds. The van der Waals surface area contributed by atoms with Gasteiger partial charge in [-0.05, 0) is 24.6 Å². The summed E-state index contributed by atoms with van der Waals surface area (Å²) in [6, 6.07) is 5.83. The van der Waals surface area contributed by atoms with Crippen LogP contribution in [0.1, 0.15) is 12.5 Å². The van der Waals surface area contributed by atoms with E-state index < -0.39 is 0 Å². The summed E-state index contributed by atoms with van der Waals surface area (Å²) in [5.41, 5.74) is 1.85. The van der Waals surface area contributed by atoms with Crippen LogP contribution in [0, 0.1) is 0 Å². The summed E-state index contributed by atoms with van der Waals surface area (Å²) in [5, 5.41) is 7.48. The number of aryl methyl sites for hydroxylation is 1. The van der Waals surface area contributed by atoms with Crippen LogP contribution in [-0.2, 0) is 18.4 Å². The van der Waals surface area contributed by atoms with Crippen LogP contribution in [0.15, 0.2) is 35.6 Å². The van der Waals surface area contributed by atoms with E-state index in [0.29, 0.717) is 38.0 Å². The Morgan fingerprint density at radius 2 is 2.14 bits per heavy atom. The van der Waals surface area contributed by atoms with Crippen molar-refractivity contribution in [1.29, 1.82) is 0 Å². The van der Waals surface area contributed by atoms with Crippen LogP contribution in [-0.4, -0.2) is 66.9 Å². The fraction of sp³-hybridized carbons (Fsp3) is 0.450. The maximum absolute atomic E-state index is 12.6. The van der Waals surface area contributed by atoms with E-state index in [1.165, 1.54) is 0 Å². The van der Waals surface area contributed by atoms with Crippen molar-refractivity contribution < 1.29 is 14.3 Å². The molecular weight excluding hydrogens is 372 g/mol. The second kappa shape index (κ2) is 9.31. The Morgan fingerprint density at radius 1 is 1.31 bits per heavy atom. The summed E-state index contributed by atoms with van der Waals surface area (Å²) in [6.45, 7) is 4.62. The molecule has 1 aliphatic heterocycles. The summed E-state index contributed by atoms with van der Waals surface area (Å²) in [5.74, 6) is 2.13. The first-order chi connectivity index (χ1) is 14.0. The van der Waals surface area contributed by atoms with Crippen LogP contribution >= 0.6 is 0 Å². The van der Waals surface area contributed by atoms with Crippen molar-refractivity contribution in [3.05, 3.63) is 36.2 Å². The van der Waals surface area contributed by atoms with Gasteiger partial charge in [-0.2, -0.15) is 5.10 Å². The third-order valence-corrected chi connectivity index (χ3v) is 4.71. The number of amides is 1. The molecule has 3 rings (SSSR count). The summed E-state index contributed by atoms with van der Waals surface area (Å²) < 4.78 is 12.7. The third-order valence-electron chi connectivity index (χ3n) is 4.71. The Balaban J connectivity index is 1.60. The molecule has 0 atom stereocenters. The van der Waals surface area contributed by atoms with Crippen LogP contribution in [0.4, 0.5) is 5.69 Å². The molecule has 2 aromatic rings. The second-order valence-electron chi connectivity index (χ2n) is 6.66. The number of aliphatic imine (C=N–C) groups is 1. The van der Waals surface area contributed by atoms with E-state index in [2.05, 4.69) is 15.4 Å². The van der Waals surface area contributed by atoms with Gasteiger partial charge in [-0.15, -0.1) is 0 Å². The maximum atomic E-state index is 12.6. The molecule has 0 unspecified atom stereocenters. The molecule has 9 nitrogen and oxygen atoms in total. The minimum Gasteiger partial charge on any atom is -0.493 e. The van der Waals surface area contributed by atoms with Crippen molar-refractivity contribution in [3.63, 3.8) is 0 Å². The highest BCUT2D eigenvalue weighted by molar-refractivity contribution is 5.98. The largest absolute Gasteiger partial charge is 0.493 e. The molecule has 1 fully saturated rings. The fourth-order valence-corrected chi connectivity index (χ4v) is 3.28. The molecule has 0 saturated carbocycles. The molecule has 1 aromatic carbocycles. The number of carbonyl (C=O) groups excluding carboxylic acids is 1. The van der Waals surface area contributed by atoms with E-state index >= 15 is 0 Å². The number of anilines is 1. The van der Waals surface area contributed by atoms with Gasteiger partial charge in [-0.1, -0.05) is 6.07 Å². The standard InChI is InChI=1S/C20H28N6O3/c1-5-29-17-7-6-15(10-18(17)28-4)11-22-20(21-2)25-8-9-26(19(27)14-25)16-12-23-24(3)13-16/h6-7,10,12-13H,5,8-9,11,14H2,1-4H3,(H,21,22). The van der Waals surface area contributed by atoms with Crippen LogP contribution < -0.4 is 19.7 Å². The average Bonchev–Trinajstić information content (AvgIpc) is 3.15. The lowest BCUT2D eigenvalue weighted by molar-refractivity contribution is -0.120. The summed E-state index contributed by atoms with van der Waals surface area (Å²) in [7, 11) is 5.19. The van der Waals surface area contributed by atoms with Crippen molar-refractivity contribution in [2.24, 2.45) is 12.0 Å². The minimum atomic E-state index is 0.0231. The lowest BCUT2D eigenvalue weighted by atomic mass is 10.2. The van der Waals surface area contributed by atoms with Gasteiger partial charge in [0.15, 0.2) is 17.5 Å². The molecule has 2 heterocycles. The molecular formula is C20H28N6O3. The quantitative estimate of drug-likeness (QED) is 0.580. The second-order valence-corrected chi connectivity index (χ2v) is 6.66. The molecule has 1 N–H and O–H groups in total. The van der Waals surface area contributed by atoms with Crippen molar-refractivity contribution in [1.82, 2.24) is 20.0 Å². The van der Waals surface area contributed by atoms with Gasteiger partial charge in [-0.3, -0.25) is 14.5 Å². The number of nitrogens with one attached hydrogen (secondary N) is 1. The number of guanidine groups is 1. The van der Waals surface area contributed by atoms with Crippen LogP contribution in [0.5, 0.6) is 11.5 Å². The van der Waals surface area contributed by atoms with Crippen LogP contribution in [0.2, 0.25) is 0 Å². The lowest BCUT2D eigenvalue weighted by Gasteiger charge is -2.35. The van der Waals surface area contributed by atoms with Gasteiger partial charge in [0.2, 0.25) is 5.91 Å². The van der Waals surface area contributed by atoms with E-state index in [0.717, 1.165) is 17.0 Å². The molecule has 1 aromatic heterocycles. The number of ether oxygens (including phenoxy) is 2. The number of benzene rings is 1. The van der Waals surface area contributed by atoms with E-state index in [4.69, 9.17) is 9.47 Å². The molecule has 9 heteroatoms. The fourth-order valence-electron chi connectivity index (χ4n) is 3.28. The van der Waals surface area contributed by atoms with E-state index in [9.17, 15) is 4.79 Å². The van der Waals surface area contributed by atoms with Gasteiger partial charge in [-0.25, -0.2) is 0 Å². The van der Waals surface area contributed by atoms with E-state index in [1.807, 2.05) is 43.3 Å². The highest BCUT2D eigenvalue weighted by Gasteiger charge is 2.27. The minimum absolute atomic E-state index is 0.0231. The highest BCUT2D eigenvalue weighted by atomic mass is 16.5. The van der Waals surface area contributed by atoms with Gasteiger partial charge in [0.25, 0.3) is 0 Å². The first-order valence-corrected chi connectivity index (χ1v) is 9.60. The molecule has 0 spiro atoms. The highest BCUT2D eigenvalue weighted by Crippen LogP contribution is 2.28. The smallest absolute Gasteiger partial charge is 0.246 e. The number of piperazine rings is 1. The Morgan fingerprint density at radius 3 is 2.76 bits per heavy atom. The van der Waals surface area contributed by atoms with Crippen molar-refractivity contribution in [3.8, 4) is 11.5 Å². The zero-order valence-corrected chi connectivity index (χ0v) is 17.4. The third kappa shape index (κ3) is 4.79. The Bertz CT molecular complexity index is 879. The zero-order chi connectivity index (χ0) is 20.8. The number of hydrogen-bond acceptors (Lipinski definition) is 5. The molecule has 156 valence electrons. The molecule has 0 bridgehead atoms. The molecule has 1 saturated heterocycles. The maximum Gasteiger partial charge on any atom is 0.246 e. The molecule has 0 aliphatic carbocycles.